The van der Waals surface area contributed by atoms with E-state index in [-0.39, 0.29) is 30.4 Å². The number of ether oxygens (including phenoxy) is 3. The fraction of sp³-hybridized carbons (Fsp3) is 0.625. The molecule has 1 aromatic carbocycles. The van der Waals surface area contributed by atoms with Crippen molar-refractivity contribution in [3.63, 3.8) is 0 Å². The fourth-order valence-electron chi connectivity index (χ4n) is 6.75. The zero-order valence-corrected chi connectivity index (χ0v) is 34.8. The number of hydrogen-bond donors (Lipinski definition) is 2. The van der Waals surface area contributed by atoms with Crippen LogP contribution in [0.2, 0.25) is 0 Å². The highest BCUT2D eigenvalue weighted by Gasteiger charge is 2.60. The molecule has 0 aliphatic carbocycles. The number of nitrogens with one attached hydrogen (secondary N) is 1. The van der Waals surface area contributed by atoms with E-state index in [0.29, 0.717) is 24.2 Å². The number of aliphatic hydroxyl groups excluding tert-OH is 1. The van der Waals surface area contributed by atoms with Crippen molar-refractivity contribution in [2.45, 2.75) is 135 Å². The molecule has 18 heteroatoms. The number of benzene rings is 1. The molecular formula is C40H57N8O9P. The van der Waals surface area contributed by atoms with Crippen LogP contribution in [0.4, 0.5) is 0 Å². The third-order valence-corrected chi connectivity index (χ3v) is 11.9. The van der Waals surface area contributed by atoms with E-state index < -0.39 is 56.2 Å². The number of rotatable bonds is 26. The molecule has 0 bridgehead atoms. The smallest absolute Gasteiger partial charge is 0.459 e. The molecule has 58 heavy (non-hydrogen) atoms. The average molecular weight is 825 g/mol. The van der Waals surface area contributed by atoms with Crippen molar-refractivity contribution < 1.29 is 42.5 Å². The maximum absolute atomic E-state index is 14.4. The average Bonchev–Trinajstić information content (AvgIpc) is 3.78. The number of unbranched alkanes of at least 4 members (excludes halogenated alkanes) is 8. The van der Waals surface area contributed by atoms with Crippen LogP contribution >= 0.6 is 7.75 Å². The lowest BCUT2D eigenvalue weighted by atomic mass is 9.92. The number of azide groups is 1. The van der Waals surface area contributed by atoms with Gasteiger partial charge in [-0.1, -0.05) is 94.9 Å². The maximum Gasteiger partial charge on any atom is 0.459 e. The highest BCUT2D eigenvalue weighted by atomic mass is 31.2. The Hall–Kier alpha value is -4.55. The van der Waals surface area contributed by atoms with Gasteiger partial charge in [0.05, 0.1) is 30.1 Å². The summed E-state index contributed by atoms with van der Waals surface area (Å²) >= 11 is 0. The number of para-hydroxylation sites is 1. The van der Waals surface area contributed by atoms with E-state index in [9.17, 15) is 24.5 Å². The van der Waals surface area contributed by atoms with E-state index in [4.69, 9.17) is 28.8 Å². The number of nitriles is 1. The van der Waals surface area contributed by atoms with Crippen molar-refractivity contribution in [3.8, 4) is 11.8 Å². The van der Waals surface area contributed by atoms with Gasteiger partial charge >= 0.3 is 19.7 Å². The molecule has 1 saturated heterocycles. The van der Waals surface area contributed by atoms with Gasteiger partial charge in [-0.25, -0.2) is 14.1 Å². The van der Waals surface area contributed by atoms with Crippen LogP contribution in [0.1, 0.15) is 109 Å². The summed E-state index contributed by atoms with van der Waals surface area (Å²) in [6.07, 6.45) is 6.97. The van der Waals surface area contributed by atoms with Gasteiger partial charge in [-0.05, 0) is 62.4 Å². The molecule has 316 valence electrons. The van der Waals surface area contributed by atoms with Gasteiger partial charge < -0.3 is 23.8 Å². The third kappa shape index (κ3) is 12.7. The van der Waals surface area contributed by atoms with Crippen molar-refractivity contribution >= 4 is 25.2 Å². The Morgan fingerprint density at radius 2 is 1.76 bits per heavy atom. The first-order chi connectivity index (χ1) is 28.0. The van der Waals surface area contributed by atoms with Gasteiger partial charge in [0.2, 0.25) is 5.60 Å². The molecule has 0 amide bonds. The van der Waals surface area contributed by atoms with Crippen LogP contribution in [0.25, 0.3) is 16.0 Å². The summed E-state index contributed by atoms with van der Waals surface area (Å²) in [5.74, 6) is -0.927. The Bertz CT molecular complexity index is 1900. The van der Waals surface area contributed by atoms with Gasteiger partial charge in [0, 0.05) is 17.9 Å². The number of hydrogen-bond acceptors (Lipinski definition) is 13. The van der Waals surface area contributed by atoms with Gasteiger partial charge in [0.25, 0.3) is 0 Å². The Morgan fingerprint density at radius 1 is 1.09 bits per heavy atom. The van der Waals surface area contributed by atoms with E-state index in [2.05, 4.69) is 31.3 Å². The highest BCUT2D eigenvalue weighted by molar-refractivity contribution is 7.52. The lowest BCUT2D eigenvalue weighted by Crippen LogP contribution is -2.43. The molecule has 2 N–H and O–H groups in total. The first-order valence-corrected chi connectivity index (χ1v) is 21.8. The van der Waals surface area contributed by atoms with Crippen LogP contribution in [0.3, 0.4) is 0 Å². The second-order valence-electron chi connectivity index (χ2n) is 14.5. The molecule has 3 heterocycles. The number of aryl methyl sites for hydroxylation is 1. The van der Waals surface area contributed by atoms with E-state index in [1.807, 2.05) is 13.8 Å². The summed E-state index contributed by atoms with van der Waals surface area (Å²) in [6, 6.07) is 12.4. The minimum atomic E-state index is -4.42. The second-order valence-corrected chi connectivity index (χ2v) is 16.2. The van der Waals surface area contributed by atoms with Crippen LogP contribution in [-0.4, -0.2) is 75.8 Å². The lowest BCUT2D eigenvalue weighted by molar-refractivity contribution is -0.156. The summed E-state index contributed by atoms with van der Waals surface area (Å²) in [6.45, 7) is 7.38. The first kappa shape index (κ1) is 46.1. The van der Waals surface area contributed by atoms with Crippen LogP contribution in [0, 0.1) is 24.2 Å². The molecule has 0 saturated carbocycles. The molecule has 0 spiro atoms. The van der Waals surface area contributed by atoms with Gasteiger partial charge in [0.15, 0.2) is 6.10 Å². The van der Waals surface area contributed by atoms with Crippen molar-refractivity contribution in [3.05, 3.63) is 70.6 Å². The van der Waals surface area contributed by atoms with Crippen molar-refractivity contribution in [1.82, 2.24) is 19.7 Å². The monoisotopic (exact) mass is 824 g/mol. The van der Waals surface area contributed by atoms with Crippen LogP contribution in [0.5, 0.6) is 5.75 Å². The van der Waals surface area contributed by atoms with E-state index in [0.717, 1.165) is 64.2 Å². The Labute approximate surface area is 340 Å². The minimum absolute atomic E-state index is 0.0595. The highest BCUT2D eigenvalue weighted by Crippen LogP contribution is 2.48. The quantitative estimate of drug-likeness (QED) is 0.0197. The summed E-state index contributed by atoms with van der Waals surface area (Å²) in [5, 5.41) is 33.1. The standard InChI is InChI=1S/C40H57N8O9P/c1-5-31(6-2)25-53-39(51)30(4)46-58(52,57-32-19-15-14-16-20-32)54-26-34-37(55-36(49)21-17-12-10-8-7-9-11-13-18-24-44-47-42)38(50)40(27-41,56-34)35-23-22-33-29(3)43-28-45-48(33)35/h14-16,19-20,22-23,28,30-31,34,37-38,50H,5-13,17-18,21,24-26H2,1-4H3,(H,46,52)/t30-,34-,37-,38-,40+,58?/m1/s1. The summed E-state index contributed by atoms with van der Waals surface area (Å²) < 4.78 is 45.3. The molecule has 3 aromatic rings. The zero-order chi connectivity index (χ0) is 42.0. The van der Waals surface area contributed by atoms with E-state index in [1.54, 1.807) is 49.4 Å². The molecule has 1 fully saturated rings. The second kappa shape index (κ2) is 23.1. The van der Waals surface area contributed by atoms with Crippen molar-refractivity contribution in [2.24, 2.45) is 11.0 Å². The molecule has 2 aromatic heterocycles. The number of nitrogens with zero attached hydrogens (tertiary/aromatic N) is 7. The van der Waals surface area contributed by atoms with Gasteiger partial charge in [0.1, 0.15) is 36.4 Å². The zero-order valence-electron chi connectivity index (χ0n) is 33.9. The molecule has 1 unspecified atom stereocenters. The summed E-state index contributed by atoms with van der Waals surface area (Å²) in [5.41, 5.74) is 7.62. The molecule has 17 nitrogen and oxygen atoms in total. The fourth-order valence-corrected chi connectivity index (χ4v) is 8.25. The number of esters is 2. The van der Waals surface area contributed by atoms with Crippen molar-refractivity contribution in [1.29, 1.82) is 5.26 Å². The maximum atomic E-state index is 14.4. The largest absolute Gasteiger partial charge is 0.464 e. The Morgan fingerprint density at radius 3 is 2.41 bits per heavy atom. The minimum Gasteiger partial charge on any atom is -0.464 e. The lowest BCUT2D eigenvalue weighted by Gasteiger charge is -2.26. The van der Waals surface area contributed by atoms with Crippen LogP contribution in [0.15, 0.2) is 53.9 Å². The predicted octanol–water partition coefficient (Wildman–Crippen LogP) is 7.80. The van der Waals surface area contributed by atoms with Gasteiger partial charge in [-0.15, -0.1) is 0 Å². The third-order valence-electron chi connectivity index (χ3n) is 10.3. The number of carbonyl (C=O) groups excluding carboxylic acids is 2. The Balaban J connectivity index is 1.49. The van der Waals surface area contributed by atoms with Crippen LogP contribution < -0.4 is 9.61 Å². The molecule has 6 atom stereocenters. The Kier molecular flexibility index (Phi) is 18.4. The number of fused-ring (bicyclic) bond motifs is 1. The normalized spacial score (nSPS) is 20.5. The molecule has 0 radical (unpaired) electrons. The first-order valence-electron chi connectivity index (χ1n) is 20.2. The van der Waals surface area contributed by atoms with Gasteiger partial charge in [-0.3, -0.25) is 14.1 Å². The molecule has 1 aliphatic rings. The summed E-state index contributed by atoms with van der Waals surface area (Å²) in [4.78, 5) is 33.3. The summed E-state index contributed by atoms with van der Waals surface area (Å²) in [7, 11) is -4.42. The topological polar surface area (TPSA) is 232 Å². The molecule has 4 rings (SSSR count). The number of aliphatic hydroxyl groups is 1. The molecule has 1 aliphatic heterocycles. The van der Waals surface area contributed by atoms with Crippen molar-refractivity contribution in [2.75, 3.05) is 19.8 Å². The van der Waals surface area contributed by atoms with E-state index >= 15 is 0 Å². The van der Waals surface area contributed by atoms with Crippen LogP contribution in [-0.2, 0) is 38.5 Å². The predicted molar refractivity (Wildman–Crippen MR) is 214 cm³/mol. The van der Waals surface area contributed by atoms with Gasteiger partial charge in [-0.2, -0.15) is 15.4 Å². The molecular weight excluding hydrogens is 767 g/mol. The SMILES string of the molecule is CCC(CC)COC(=O)[C@@H](C)NP(=O)(OC[C@H]1O[C@@](C#N)(c2ccc3c(C)ncnn23)[C@H](O)[C@@H]1OC(=O)CCCCCCCCCCCN=[N+]=[N-])Oc1ccccc1. The number of aromatic nitrogens is 3. The van der Waals surface area contributed by atoms with E-state index in [1.165, 1.54) is 17.8 Å². The number of carbonyl (C=O) groups is 2.